The summed E-state index contributed by atoms with van der Waals surface area (Å²) in [7, 11) is 0. The van der Waals surface area contributed by atoms with Crippen LogP contribution in [0.2, 0.25) is 0 Å². The summed E-state index contributed by atoms with van der Waals surface area (Å²) in [6, 6.07) is 7.39. The Bertz CT molecular complexity index is 678. The first-order valence-electron chi connectivity index (χ1n) is 7.13. The van der Waals surface area contributed by atoms with Gasteiger partial charge in [-0.3, -0.25) is 4.79 Å². The Labute approximate surface area is 123 Å². The normalized spacial score (nSPS) is 20.3. The van der Waals surface area contributed by atoms with Crippen molar-refractivity contribution in [2.24, 2.45) is 0 Å². The monoisotopic (exact) mass is 286 g/mol. The molecule has 0 saturated heterocycles. The Morgan fingerprint density at radius 3 is 3.00 bits per heavy atom. The Morgan fingerprint density at radius 2 is 2.24 bits per heavy atom. The van der Waals surface area contributed by atoms with Crippen molar-refractivity contribution in [2.45, 2.75) is 38.8 Å². The lowest BCUT2D eigenvalue weighted by Crippen LogP contribution is -2.34. The van der Waals surface area contributed by atoms with E-state index in [1.54, 1.807) is 6.92 Å². The molecular weight excluding hydrogens is 268 g/mol. The largest absolute Gasteiger partial charge is 0.390 e. The van der Waals surface area contributed by atoms with E-state index in [0.29, 0.717) is 29.9 Å². The van der Waals surface area contributed by atoms with Crippen molar-refractivity contribution in [2.75, 3.05) is 0 Å². The summed E-state index contributed by atoms with van der Waals surface area (Å²) >= 11 is 0. The van der Waals surface area contributed by atoms with E-state index < -0.39 is 6.10 Å². The standard InChI is InChI=1S/C16H18N2O3/c1-3-12-14(9(2)21-18-12)16(20)17-15-11-7-5-4-6-10(11)8-13(15)19/h4-7,13,15,19H,3,8H2,1-2H3,(H,17,20)/t13-,15+/m1/s1. The fourth-order valence-electron chi connectivity index (χ4n) is 2.91. The molecule has 0 spiro atoms. The van der Waals surface area contributed by atoms with E-state index in [1.165, 1.54) is 0 Å². The van der Waals surface area contributed by atoms with Gasteiger partial charge in [0.2, 0.25) is 0 Å². The molecular formula is C16H18N2O3. The molecule has 0 aliphatic heterocycles. The highest BCUT2D eigenvalue weighted by molar-refractivity contribution is 5.96. The molecule has 2 aromatic rings. The van der Waals surface area contributed by atoms with Crippen LogP contribution in [0.25, 0.3) is 0 Å². The van der Waals surface area contributed by atoms with Crippen molar-refractivity contribution >= 4 is 5.91 Å². The van der Waals surface area contributed by atoms with Gasteiger partial charge in [0, 0.05) is 6.42 Å². The molecule has 1 amide bonds. The molecule has 2 atom stereocenters. The first-order valence-corrected chi connectivity index (χ1v) is 7.13. The lowest BCUT2D eigenvalue weighted by Gasteiger charge is -2.18. The van der Waals surface area contributed by atoms with Gasteiger partial charge in [0.1, 0.15) is 11.3 Å². The lowest BCUT2D eigenvalue weighted by atomic mass is 10.1. The summed E-state index contributed by atoms with van der Waals surface area (Å²) in [4.78, 5) is 12.5. The van der Waals surface area contributed by atoms with Gasteiger partial charge in [-0.05, 0) is 24.5 Å². The summed E-state index contributed by atoms with van der Waals surface area (Å²) in [5, 5.41) is 17.0. The van der Waals surface area contributed by atoms with Crippen LogP contribution in [0.4, 0.5) is 0 Å². The molecule has 110 valence electrons. The van der Waals surface area contributed by atoms with Crippen LogP contribution in [0.1, 0.15) is 45.9 Å². The van der Waals surface area contributed by atoms with Crippen LogP contribution >= 0.6 is 0 Å². The Morgan fingerprint density at radius 1 is 1.48 bits per heavy atom. The average Bonchev–Trinajstić information content (AvgIpc) is 3.00. The van der Waals surface area contributed by atoms with Crippen LogP contribution in [0, 0.1) is 6.92 Å². The minimum Gasteiger partial charge on any atom is -0.390 e. The van der Waals surface area contributed by atoms with Gasteiger partial charge in [-0.25, -0.2) is 0 Å². The second kappa shape index (κ2) is 5.33. The van der Waals surface area contributed by atoms with Crippen molar-refractivity contribution in [3.8, 4) is 0 Å². The molecule has 5 heteroatoms. The molecule has 0 bridgehead atoms. The molecule has 0 radical (unpaired) electrons. The predicted octanol–water partition coefficient (Wildman–Crippen LogP) is 1.93. The summed E-state index contributed by atoms with van der Waals surface area (Å²) in [6.45, 7) is 3.65. The molecule has 3 rings (SSSR count). The van der Waals surface area contributed by atoms with Crippen molar-refractivity contribution in [1.82, 2.24) is 10.5 Å². The third kappa shape index (κ3) is 2.34. The third-order valence-corrected chi connectivity index (χ3v) is 3.99. The fraction of sp³-hybridized carbons (Fsp3) is 0.375. The summed E-state index contributed by atoms with van der Waals surface area (Å²) < 4.78 is 5.10. The molecule has 2 N–H and O–H groups in total. The number of hydrogen-bond acceptors (Lipinski definition) is 4. The second-order valence-corrected chi connectivity index (χ2v) is 5.34. The average molecular weight is 286 g/mol. The van der Waals surface area contributed by atoms with Gasteiger partial charge >= 0.3 is 0 Å². The van der Waals surface area contributed by atoms with Gasteiger partial charge in [-0.15, -0.1) is 0 Å². The van der Waals surface area contributed by atoms with Gasteiger partial charge in [0.25, 0.3) is 5.91 Å². The van der Waals surface area contributed by atoms with Crippen molar-refractivity contribution < 1.29 is 14.4 Å². The topological polar surface area (TPSA) is 75.4 Å². The van der Waals surface area contributed by atoms with Gasteiger partial charge in [0.15, 0.2) is 0 Å². The van der Waals surface area contributed by atoms with Crippen LogP contribution in [-0.2, 0) is 12.8 Å². The summed E-state index contributed by atoms with van der Waals surface area (Å²) in [6.07, 6.45) is 0.588. The van der Waals surface area contributed by atoms with Crippen LogP contribution in [0.3, 0.4) is 0 Å². The molecule has 1 aromatic carbocycles. The molecule has 1 heterocycles. The SMILES string of the molecule is CCc1noc(C)c1C(=O)N[C@H]1c2ccccc2C[C@H]1O. The highest BCUT2D eigenvalue weighted by Crippen LogP contribution is 2.31. The fourth-order valence-corrected chi connectivity index (χ4v) is 2.91. The zero-order chi connectivity index (χ0) is 15.0. The number of benzene rings is 1. The van der Waals surface area contributed by atoms with E-state index in [9.17, 15) is 9.90 Å². The Hall–Kier alpha value is -2.14. The molecule has 0 unspecified atom stereocenters. The molecule has 21 heavy (non-hydrogen) atoms. The van der Waals surface area contributed by atoms with E-state index in [0.717, 1.165) is 11.1 Å². The minimum atomic E-state index is -0.600. The maximum absolute atomic E-state index is 12.5. The minimum absolute atomic E-state index is 0.244. The number of rotatable bonds is 3. The van der Waals surface area contributed by atoms with Crippen LogP contribution < -0.4 is 5.32 Å². The molecule has 1 aromatic heterocycles. The lowest BCUT2D eigenvalue weighted by molar-refractivity contribution is 0.0856. The van der Waals surface area contributed by atoms with E-state index in [2.05, 4.69) is 10.5 Å². The van der Waals surface area contributed by atoms with Crippen LogP contribution in [0.15, 0.2) is 28.8 Å². The number of aliphatic hydroxyl groups excluding tert-OH is 1. The number of fused-ring (bicyclic) bond motifs is 1. The second-order valence-electron chi connectivity index (χ2n) is 5.34. The van der Waals surface area contributed by atoms with Gasteiger partial charge < -0.3 is 14.9 Å². The number of carbonyl (C=O) groups excluding carboxylic acids is 1. The van der Waals surface area contributed by atoms with Crippen LogP contribution in [0.5, 0.6) is 0 Å². The number of aliphatic hydroxyl groups is 1. The predicted molar refractivity (Wildman–Crippen MR) is 77.0 cm³/mol. The number of aryl methyl sites for hydroxylation is 2. The maximum atomic E-state index is 12.5. The summed E-state index contributed by atoms with van der Waals surface area (Å²) in [5.41, 5.74) is 3.18. The smallest absolute Gasteiger partial charge is 0.257 e. The van der Waals surface area contributed by atoms with Crippen molar-refractivity contribution in [1.29, 1.82) is 0 Å². The number of aromatic nitrogens is 1. The quantitative estimate of drug-likeness (QED) is 0.904. The first-order chi connectivity index (χ1) is 10.1. The van der Waals surface area contributed by atoms with Crippen molar-refractivity contribution in [3.63, 3.8) is 0 Å². The number of carbonyl (C=O) groups is 1. The van der Waals surface area contributed by atoms with Gasteiger partial charge in [-0.2, -0.15) is 0 Å². The molecule has 1 aliphatic rings. The summed E-state index contributed by atoms with van der Waals surface area (Å²) in [5.74, 6) is 0.261. The Kier molecular flexibility index (Phi) is 3.51. The van der Waals surface area contributed by atoms with E-state index in [-0.39, 0.29) is 11.9 Å². The highest BCUT2D eigenvalue weighted by atomic mass is 16.5. The van der Waals surface area contributed by atoms with Gasteiger partial charge in [-0.1, -0.05) is 36.3 Å². The number of nitrogens with zero attached hydrogens (tertiary/aromatic N) is 1. The first kappa shape index (κ1) is 13.8. The number of amides is 1. The molecule has 1 aliphatic carbocycles. The zero-order valence-corrected chi connectivity index (χ0v) is 12.1. The van der Waals surface area contributed by atoms with Crippen molar-refractivity contribution in [3.05, 3.63) is 52.4 Å². The number of hydrogen-bond donors (Lipinski definition) is 2. The van der Waals surface area contributed by atoms with Gasteiger partial charge in [0.05, 0.1) is 17.8 Å². The van der Waals surface area contributed by atoms with E-state index in [1.807, 2.05) is 31.2 Å². The zero-order valence-electron chi connectivity index (χ0n) is 12.1. The number of nitrogens with one attached hydrogen (secondary N) is 1. The Balaban J connectivity index is 1.87. The highest BCUT2D eigenvalue weighted by Gasteiger charge is 2.33. The molecule has 0 fully saturated rings. The maximum Gasteiger partial charge on any atom is 0.257 e. The third-order valence-electron chi connectivity index (χ3n) is 3.99. The molecule has 5 nitrogen and oxygen atoms in total. The van der Waals surface area contributed by atoms with E-state index in [4.69, 9.17) is 4.52 Å². The molecule has 0 saturated carbocycles. The van der Waals surface area contributed by atoms with Crippen LogP contribution in [-0.4, -0.2) is 22.3 Å². The van der Waals surface area contributed by atoms with E-state index >= 15 is 0 Å².